The van der Waals surface area contributed by atoms with Crippen LogP contribution in [0.5, 0.6) is 0 Å². The second kappa shape index (κ2) is 4.52. The van der Waals surface area contributed by atoms with Crippen LogP contribution in [0.2, 0.25) is 5.02 Å². The topological polar surface area (TPSA) is 37.3 Å². The Labute approximate surface area is 98.0 Å². The Hall–Kier alpha value is -0.930. The van der Waals surface area contributed by atoms with Crippen LogP contribution in [0.1, 0.15) is 18.4 Å². The third-order valence-electron chi connectivity index (χ3n) is 2.79. The van der Waals surface area contributed by atoms with E-state index in [2.05, 4.69) is 0 Å². The van der Waals surface area contributed by atoms with Gasteiger partial charge in [0.15, 0.2) is 5.78 Å². The standard InChI is InChI=1S/C12H12ClFO2/c13-9-3-1-2-8(11(9)14)6-10(15)12(16)7-4-5-7/h1-3,7,12,16H,4-6H2. The molecule has 0 amide bonds. The minimum atomic E-state index is -0.946. The number of ketones is 1. The van der Waals surface area contributed by atoms with Crippen molar-refractivity contribution in [1.29, 1.82) is 0 Å². The van der Waals surface area contributed by atoms with E-state index >= 15 is 0 Å². The Morgan fingerprint density at radius 2 is 2.25 bits per heavy atom. The number of carbonyl (C=O) groups excluding carboxylic acids is 1. The quantitative estimate of drug-likeness (QED) is 0.880. The first-order valence-electron chi connectivity index (χ1n) is 5.23. The number of hydrogen-bond donors (Lipinski definition) is 1. The molecular formula is C12H12ClFO2. The van der Waals surface area contributed by atoms with Gasteiger partial charge in [-0.2, -0.15) is 0 Å². The predicted molar refractivity (Wildman–Crippen MR) is 58.9 cm³/mol. The summed E-state index contributed by atoms with van der Waals surface area (Å²) in [5.41, 5.74) is 0.247. The van der Waals surface area contributed by atoms with E-state index in [9.17, 15) is 14.3 Å². The number of aliphatic hydroxyl groups excluding tert-OH is 1. The summed E-state index contributed by atoms with van der Waals surface area (Å²) >= 11 is 5.60. The van der Waals surface area contributed by atoms with Gasteiger partial charge in [0, 0.05) is 6.42 Å². The summed E-state index contributed by atoms with van der Waals surface area (Å²) in [6.45, 7) is 0. The van der Waals surface area contributed by atoms with Gasteiger partial charge in [-0.15, -0.1) is 0 Å². The smallest absolute Gasteiger partial charge is 0.166 e. The molecule has 2 rings (SSSR count). The fourth-order valence-electron chi connectivity index (χ4n) is 1.65. The van der Waals surface area contributed by atoms with Gasteiger partial charge >= 0.3 is 0 Å². The van der Waals surface area contributed by atoms with Crippen LogP contribution in [0.4, 0.5) is 4.39 Å². The number of aliphatic hydroxyl groups is 1. The van der Waals surface area contributed by atoms with Crippen molar-refractivity contribution >= 4 is 17.4 Å². The minimum Gasteiger partial charge on any atom is -0.385 e. The molecule has 1 aliphatic rings. The van der Waals surface area contributed by atoms with Gasteiger partial charge in [-0.1, -0.05) is 23.7 Å². The maximum Gasteiger partial charge on any atom is 0.166 e. The van der Waals surface area contributed by atoms with E-state index < -0.39 is 11.9 Å². The van der Waals surface area contributed by atoms with E-state index in [1.807, 2.05) is 0 Å². The number of benzene rings is 1. The van der Waals surface area contributed by atoms with E-state index in [0.717, 1.165) is 12.8 Å². The zero-order valence-corrected chi connectivity index (χ0v) is 9.38. The first kappa shape index (κ1) is 11.6. The molecule has 0 bridgehead atoms. The van der Waals surface area contributed by atoms with Crippen LogP contribution in [0.25, 0.3) is 0 Å². The lowest BCUT2D eigenvalue weighted by Crippen LogP contribution is -2.24. The van der Waals surface area contributed by atoms with Crippen LogP contribution < -0.4 is 0 Å². The Morgan fingerprint density at radius 1 is 1.56 bits per heavy atom. The average Bonchev–Trinajstić information content (AvgIpc) is 3.07. The highest BCUT2D eigenvalue weighted by Gasteiger charge is 2.34. The molecule has 1 unspecified atom stereocenters. The summed E-state index contributed by atoms with van der Waals surface area (Å²) in [6, 6.07) is 4.54. The Bertz CT molecular complexity index is 415. The van der Waals surface area contributed by atoms with Crippen molar-refractivity contribution in [2.45, 2.75) is 25.4 Å². The number of halogens is 2. The van der Waals surface area contributed by atoms with Crippen LogP contribution in [0.3, 0.4) is 0 Å². The molecule has 0 aliphatic heterocycles. The van der Waals surface area contributed by atoms with E-state index in [0.29, 0.717) is 0 Å². The van der Waals surface area contributed by atoms with Crippen LogP contribution >= 0.6 is 11.6 Å². The third kappa shape index (κ3) is 2.42. The van der Waals surface area contributed by atoms with E-state index in [1.165, 1.54) is 12.1 Å². The zero-order chi connectivity index (χ0) is 11.7. The van der Waals surface area contributed by atoms with Crippen LogP contribution in [-0.4, -0.2) is 17.0 Å². The summed E-state index contributed by atoms with van der Waals surface area (Å²) in [5, 5.41) is 9.58. The van der Waals surface area contributed by atoms with Crippen molar-refractivity contribution in [2.75, 3.05) is 0 Å². The molecule has 1 aromatic rings. The van der Waals surface area contributed by atoms with E-state index in [1.54, 1.807) is 6.07 Å². The highest BCUT2D eigenvalue weighted by molar-refractivity contribution is 6.30. The lowest BCUT2D eigenvalue weighted by atomic mass is 10.0. The van der Waals surface area contributed by atoms with Crippen LogP contribution in [0.15, 0.2) is 18.2 Å². The molecule has 0 spiro atoms. The molecule has 0 radical (unpaired) electrons. The molecule has 1 saturated carbocycles. The molecule has 0 heterocycles. The molecule has 1 fully saturated rings. The fraction of sp³-hybridized carbons (Fsp3) is 0.417. The minimum absolute atomic E-state index is 0.00575. The molecule has 0 saturated heterocycles. The normalized spacial score (nSPS) is 17.2. The van der Waals surface area contributed by atoms with E-state index in [4.69, 9.17) is 11.6 Å². The van der Waals surface area contributed by atoms with Crippen LogP contribution in [-0.2, 0) is 11.2 Å². The van der Waals surface area contributed by atoms with Gasteiger partial charge < -0.3 is 5.11 Å². The molecule has 1 atom stereocenters. The van der Waals surface area contributed by atoms with Gasteiger partial charge in [0.1, 0.15) is 11.9 Å². The first-order valence-corrected chi connectivity index (χ1v) is 5.61. The Balaban J connectivity index is 2.08. The third-order valence-corrected chi connectivity index (χ3v) is 3.09. The molecule has 16 heavy (non-hydrogen) atoms. The number of Topliss-reactive ketones (excluding diaryl/α,β-unsaturated/α-hetero) is 1. The monoisotopic (exact) mass is 242 g/mol. The number of carbonyl (C=O) groups is 1. The largest absolute Gasteiger partial charge is 0.385 e. The molecule has 86 valence electrons. The van der Waals surface area contributed by atoms with Crippen molar-refractivity contribution < 1.29 is 14.3 Å². The molecule has 0 aromatic heterocycles. The predicted octanol–water partition coefficient (Wildman–Crippen LogP) is 2.36. The molecule has 1 aromatic carbocycles. The van der Waals surface area contributed by atoms with Crippen molar-refractivity contribution in [2.24, 2.45) is 5.92 Å². The van der Waals surface area contributed by atoms with Gasteiger partial charge in [-0.25, -0.2) is 4.39 Å². The summed E-state index contributed by atoms with van der Waals surface area (Å²) in [5.74, 6) is -0.820. The van der Waals surface area contributed by atoms with Gasteiger partial charge in [-0.3, -0.25) is 4.79 Å². The molecular weight excluding hydrogens is 231 g/mol. The van der Waals surface area contributed by atoms with Crippen LogP contribution in [0, 0.1) is 11.7 Å². The second-order valence-electron chi connectivity index (χ2n) is 4.14. The molecule has 1 N–H and O–H groups in total. The van der Waals surface area contributed by atoms with Gasteiger partial charge in [0.25, 0.3) is 0 Å². The zero-order valence-electron chi connectivity index (χ0n) is 8.62. The maximum absolute atomic E-state index is 13.5. The second-order valence-corrected chi connectivity index (χ2v) is 4.55. The van der Waals surface area contributed by atoms with Gasteiger partial charge in [-0.05, 0) is 30.4 Å². The maximum atomic E-state index is 13.5. The van der Waals surface area contributed by atoms with Gasteiger partial charge in [0.05, 0.1) is 5.02 Å². The van der Waals surface area contributed by atoms with Crippen molar-refractivity contribution in [3.05, 3.63) is 34.6 Å². The Morgan fingerprint density at radius 3 is 2.88 bits per heavy atom. The lowest BCUT2D eigenvalue weighted by molar-refractivity contribution is -0.127. The Kier molecular flexibility index (Phi) is 3.26. The average molecular weight is 243 g/mol. The highest BCUT2D eigenvalue weighted by atomic mass is 35.5. The summed E-state index contributed by atoms with van der Waals surface area (Å²) in [7, 11) is 0. The summed E-state index contributed by atoms with van der Waals surface area (Å²) < 4.78 is 13.5. The summed E-state index contributed by atoms with van der Waals surface area (Å²) in [4.78, 5) is 11.6. The van der Waals surface area contributed by atoms with E-state index in [-0.39, 0.29) is 28.7 Å². The van der Waals surface area contributed by atoms with Crippen molar-refractivity contribution in [3.8, 4) is 0 Å². The highest BCUT2D eigenvalue weighted by Crippen LogP contribution is 2.33. The fourth-order valence-corrected chi connectivity index (χ4v) is 1.85. The van der Waals surface area contributed by atoms with Crippen molar-refractivity contribution in [3.63, 3.8) is 0 Å². The SMILES string of the molecule is O=C(Cc1cccc(Cl)c1F)C(O)C1CC1. The lowest BCUT2D eigenvalue weighted by Gasteiger charge is -2.08. The van der Waals surface area contributed by atoms with Crippen molar-refractivity contribution in [1.82, 2.24) is 0 Å². The molecule has 4 heteroatoms. The van der Waals surface area contributed by atoms with Gasteiger partial charge in [0.2, 0.25) is 0 Å². The molecule has 2 nitrogen and oxygen atoms in total. The molecule has 1 aliphatic carbocycles. The number of hydrogen-bond acceptors (Lipinski definition) is 2. The number of rotatable bonds is 4. The summed E-state index contributed by atoms with van der Waals surface area (Å²) in [6.07, 6.45) is 0.721. The first-order chi connectivity index (χ1) is 7.59.